The molecule has 4 nitrogen and oxygen atoms in total. The summed E-state index contributed by atoms with van der Waals surface area (Å²) in [6, 6.07) is 3.96. The van der Waals surface area contributed by atoms with Crippen LogP contribution in [0, 0.1) is 6.92 Å². The van der Waals surface area contributed by atoms with Gasteiger partial charge in [-0.25, -0.2) is 0 Å². The number of aryl methyl sites for hydroxylation is 1. The lowest BCUT2D eigenvalue weighted by Crippen LogP contribution is -2.57. The molecule has 1 aromatic rings. The minimum atomic E-state index is 0.0621. The molecule has 0 saturated carbocycles. The minimum absolute atomic E-state index is 0.0621. The number of amides is 1. The maximum Gasteiger partial charge on any atom is 0.255 e. The maximum absolute atomic E-state index is 12.1. The standard InChI is InChI=1S/C11H15N3O/c1-8-10(4-3-5-13-8)11(15)14(2)9-6-12-7-9/h3-5,9,12H,6-7H2,1-2H3. The monoisotopic (exact) mass is 205 g/mol. The number of carbonyl (C=O) groups excluding carboxylic acids is 1. The first kappa shape index (κ1) is 10.1. The lowest BCUT2D eigenvalue weighted by atomic mass is 10.1. The minimum Gasteiger partial charge on any atom is -0.336 e. The summed E-state index contributed by atoms with van der Waals surface area (Å²) in [5.41, 5.74) is 1.49. The quantitative estimate of drug-likeness (QED) is 0.761. The van der Waals surface area contributed by atoms with Crippen molar-refractivity contribution in [1.82, 2.24) is 15.2 Å². The molecule has 1 N–H and O–H groups in total. The van der Waals surface area contributed by atoms with Gasteiger partial charge in [0.25, 0.3) is 5.91 Å². The number of aromatic nitrogens is 1. The maximum atomic E-state index is 12.1. The molecule has 0 bridgehead atoms. The van der Waals surface area contributed by atoms with Gasteiger partial charge in [-0.3, -0.25) is 9.78 Å². The zero-order valence-corrected chi connectivity index (χ0v) is 9.03. The highest BCUT2D eigenvalue weighted by atomic mass is 16.2. The van der Waals surface area contributed by atoms with Crippen molar-refractivity contribution in [3.05, 3.63) is 29.6 Å². The highest BCUT2D eigenvalue weighted by Gasteiger charge is 2.26. The van der Waals surface area contributed by atoms with E-state index in [1.165, 1.54) is 0 Å². The number of pyridine rings is 1. The summed E-state index contributed by atoms with van der Waals surface area (Å²) in [6.45, 7) is 3.64. The average molecular weight is 205 g/mol. The predicted octanol–water partition coefficient (Wildman–Crippen LogP) is 0.434. The third-order valence-electron chi connectivity index (χ3n) is 2.87. The highest BCUT2D eigenvalue weighted by Crippen LogP contribution is 2.11. The Balaban J connectivity index is 2.16. The van der Waals surface area contributed by atoms with Gasteiger partial charge in [-0.1, -0.05) is 0 Å². The Labute approximate surface area is 89.3 Å². The molecule has 2 heterocycles. The lowest BCUT2D eigenvalue weighted by Gasteiger charge is -2.35. The fourth-order valence-electron chi connectivity index (χ4n) is 1.61. The number of rotatable bonds is 2. The second-order valence-electron chi connectivity index (χ2n) is 3.86. The molecule has 0 aliphatic carbocycles. The van der Waals surface area contributed by atoms with E-state index in [0.29, 0.717) is 11.6 Å². The van der Waals surface area contributed by atoms with E-state index >= 15 is 0 Å². The first-order valence-electron chi connectivity index (χ1n) is 5.09. The number of likely N-dealkylation sites (N-methyl/N-ethyl adjacent to an activating group) is 1. The smallest absolute Gasteiger partial charge is 0.255 e. The molecule has 1 aliphatic rings. The van der Waals surface area contributed by atoms with Gasteiger partial charge in [0.1, 0.15) is 0 Å². The van der Waals surface area contributed by atoms with Crippen LogP contribution in [-0.4, -0.2) is 42.0 Å². The zero-order valence-electron chi connectivity index (χ0n) is 9.03. The van der Waals surface area contributed by atoms with Crippen LogP contribution in [0.3, 0.4) is 0 Å². The Morgan fingerprint density at radius 3 is 2.87 bits per heavy atom. The molecule has 80 valence electrons. The van der Waals surface area contributed by atoms with Gasteiger partial charge in [0, 0.05) is 32.0 Å². The van der Waals surface area contributed by atoms with Crippen LogP contribution in [0.15, 0.2) is 18.3 Å². The molecular weight excluding hydrogens is 190 g/mol. The lowest BCUT2D eigenvalue weighted by molar-refractivity contribution is 0.0680. The number of hydrogen-bond donors (Lipinski definition) is 1. The van der Waals surface area contributed by atoms with E-state index in [0.717, 1.165) is 18.8 Å². The van der Waals surface area contributed by atoms with Crippen molar-refractivity contribution in [2.24, 2.45) is 0 Å². The molecule has 1 saturated heterocycles. The summed E-state index contributed by atoms with van der Waals surface area (Å²) < 4.78 is 0. The van der Waals surface area contributed by atoms with Crippen molar-refractivity contribution in [2.75, 3.05) is 20.1 Å². The molecule has 0 radical (unpaired) electrons. The summed E-state index contributed by atoms with van der Waals surface area (Å²) >= 11 is 0. The fourth-order valence-corrected chi connectivity index (χ4v) is 1.61. The van der Waals surface area contributed by atoms with Gasteiger partial charge in [-0.15, -0.1) is 0 Å². The molecule has 1 aliphatic heterocycles. The Hall–Kier alpha value is -1.42. The van der Waals surface area contributed by atoms with E-state index in [9.17, 15) is 4.79 Å². The molecular formula is C11H15N3O. The largest absolute Gasteiger partial charge is 0.336 e. The van der Waals surface area contributed by atoms with Crippen LogP contribution in [0.5, 0.6) is 0 Å². The Morgan fingerprint density at radius 1 is 1.60 bits per heavy atom. The Bertz CT molecular complexity index is 374. The van der Waals surface area contributed by atoms with Gasteiger partial charge in [0.2, 0.25) is 0 Å². The van der Waals surface area contributed by atoms with Crippen molar-refractivity contribution in [2.45, 2.75) is 13.0 Å². The molecule has 0 aromatic carbocycles. The van der Waals surface area contributed by atoms with Crippen LogP contribution in [0.1, 0.15) is 16.1 Å². The van der Waals surface area contributed by atoms with Crippen LogP contribution in [0.25, 0.3) is 0 Å². The van der Waals surface area contributed by atoms with Crippen LogP contribution >= 0.6 is 0 Å². The van der Waals surface area contributed by atoms with Gasteiger partial charge in [-0.2, -0.15) is 0 Å². The number of nitrogens with zero attached hydrogens (tertiary/aromatic N) is 2. The summed E-state index contributed by atoms with van der Waals surface area (Å²) in [5.74, 6) is 0.0621. The fraction of sp³-hybridized carbons (Fsp3) is 0.455. The van der Waals surface area contributed by atoms with E-state index < -0.39 is 0 Å². The van der Waals surface area contributed by atoms with Gasteiger partial charge in [-0.05, 0) is 19.1 Å². The van der Waals surface area contributed by atoms with E-state index in [-0.39, 0.29) is 5.91 Å². The second-order valence-corrected chi connectivity index (χ2v) is 3.86. The van der Waals surface area contributed by atoms with Gasteiger partial charge in [0.05, 0.1) is 11.6 Å². The molecule has 1 fully saturated rings. The van der Waals surface area contributed by atoms with Crippen LogP contribution in [0.4, 0.5) is 0 Å². The normalized spacial score (nSPS) is 15.9. The Kier molecular flexibility index (Phi) is 2.68. The summed E-state index contributed by atoms with van der Waals surface area (Å²) in [6.07, 6.45) is 1.71. The van der Waals surface area contributed by atoms with Gasteiger partial charge >= 0.3 is 0 Å². The van der Waals surface area contributed by atoms with Crippen LogP contribution < -0.4 is 5.32 Å². The highest BCUT2D eigenvalue weighted by molar-refractivity contribution is 5.95. The second kappa shape index (κ2) is 3.98. The molecule has 2 rings (SSSR count). The van der Waals surface area contributed by atoms with E-state index in [1.807, 2.05) is 20.0 Å². The molecule has 4 heteroatoms. The number of carbonyl (C=O) groups is 1. The van der Waals surface area contributed by atoms with Crippen LogP contribution in [0.2, 0.25) is 0 Å². The zero-order chi connectivity index (χ0) is 10.8. The number of nitrogens with one attached hydrogen (secondary N) is 1. The van der Waals surface area contributed by atoms with Gasteiger partial charge in [0.15, 0.2) is 0 Å². The predicted molar refractivity (Wildman–Crippen MR) is 57.7 cm³/mol. The molecule has 0 atom stereocenters. The summed E-state index contributed by atoms with van der Waals surface area (Å²) in [5, 5.41) is 3.15. The summed E-state index contributed by atoms with van der Waals surface area (Å²) in [7, 11) is 1.85. The topological polar surface area (TPSA) is 45.2 Å². The molecule has 1 amide bonds. The van der Waals surface area contributed by atoms with Crippen molar-refractivity contribution in [3.8, 4) is 0 Å². The van der Waals surface area contributed by atoms with Crippen molar-refractivity contribution < 1.29 is 4.79 Å². The first-order valence-corrected chi connectivity index (χ1v) is 5.09. The van der Waals surface area contributed by atoms with E-state index in [4.69, 9.17) is 0 Å². The molecule has 1 aromatic heterocycles. The van der Waals surface area contributed by atoms with Crippen LogP contribution in [-0.2, 0) is 0 Å². The van der Waals surface area contributed by atoms with Crippen molar-refractivity contribution in [3.63, 3.8) is 0 Å². The first-order chi connectivity index (χ1) is 7.20. The van der Waals surface area contributed by atoms with Gasteiger partial charge < -0.3 is 10.2 Å². The number of hydrogen-bond acceptors (Lipinski definition) is 3. The average Bonchev–Trinajstić information content (AvgIpc) is 2.15. The Morgan fingerprint density at radius 2 is 2.33 bits per heavy atom. The molecule has 15 heavy (non-hydrogen) atoms. The third-order valence-corrected chi connectivity index (χ3v) is 2.87. The molecule has 0 spiro atoms. The van der Waals surface area contributed by atoms with Crippen molar-refractivity contribution >= 4 is 5.91 Å². The van der Waals surface area contributed by atoms with E-state index in [2.05, 4.69) is 10.3 Å². The third kappa shape index (κ3) is 1.85. The SMILES string of the molecule is Cc1ncccc1C(=O)N(C)C1CNC1. The van der Waals surface area contributed by atoms with E-state index in [1.54, 1.807) is 17.2 Å². The summed E-state index contributed by atoms with van der Waals surface area (Å²) in [4.78, 5) is 18.0. The molecule has 0 unspecified atom stereocenters. The van der Waals surface area contributed by atoms with Crippen molar-refractivity contribution in [1.29, 1.82) is 0 Å².